The van der Waals surface area contributed by atoms with Crippen molar-refractivity contribution in [1.82, 2.24) is 4.72 Å². The van der Waals surface area contributed by atoms with Crippen molar-refractivity contribution in [3.63, 3.8) is 0 Å². The molecule has 0 radical (unpaired) electrons. The van der Waals surface area contributed by atoms with Crippen molar-refractivity contribution in [3.8, 4) is 0 Å². The maximum absolute atomic E-state index is 13.6. The first-order chi connectivity index (χ1) is 8.36. The first-order valence-electron chi connectivity index (χ1n) is 5.40. The number of nitrogens with one attached hydrogen (secondary N) is 1. The summed E-state index contributed by atoms with van der Waals surface area (Å²) >= 11 is 8.61. The van der Waals surface area contributed by atoms with Gasteiger partial charge in [0.25, 0.3) is 0 Å². The summed E-state index contributed by atoms with van der Waals surface area (Å²) in [6.45, 7) is 1.72. The van der Waals surface area contributed by atoms with E-state index in [-0.39, 0.29) is 10.9 Å². The maximum Gasteiger partial charge on any atom is 0.243 e. The van der Waals surface area contributed by atoms with Gasteiger partial charge in [0.05, 0.1) is 0 Å². The second-order valence-corrected chi connectivity index (χ2v) is 6.90. The van der Waals surface area contributed by atoms with E-state index in [1.54, 1.807) is 6.92 Å². The fourth-order valence-electron chi connectivity index (χ4n) is 1.46. The highest BCUT2D eigenvalue weighted by Crippen LogP contribution is 2.19. The molecule has 1 N–H and O–H groups in total. The molecular formula is C11H14BrClFNO2S. The molecule has 102 valence electrons. The van der Waals surface area contributed by atoms with E-state index in [4.69, 9.17) is 11.6 Å². The highest BCUT2D eigenvalue weighted by atomic mass is 79.9. The Morgan fingerprint density at radius 1 is 1.50 bits per heavy atom. The summed E-state index contributed by atoms with van der Waals surface area (Å²) in [6, 6.07) is 3.56. The molecule has 0 saturated carbocycles. The number of rotatable bonds is 6. The van der Waals surface area contributed by atoms with Crippen LogP contribution in [0.4, 0.5) is 4.39 Å². The summed E-state index contributed by atoms with van der Waals surface area (Å²) in [4.78, 5) is -0.344. The second-order valence-electron chi connectivity index (χ2n) is 3.93. The van der Waals surface area contributed by atoms with Crippen LogP contribution < -0.4 is 4.72 Å². The lowest BCUT2D eigenvalue weighted by Gasteiger charge is -2.14. The summed E-state index contributed by atoms with van der Waals surface area (Å²) in [6.07, 6.45) is 1.31. The Balaban J connectivity index is 2.86. The van der Waals surface area contributed by atoms with Crippen LogP contribution in [-0.4, -0.2) is 20.3 Å². The predicted octanol–water partition coefficient (Wildman–Crippen LogP) is 3.27. The molecule has 0 bridgehead atoms. The topological polar surface area (TPSA) is 46.2 Å². The molecule has 1 rings (SSSR count). The van der Waals surface area contributed by atoms with E-state index in [1.165, 1.54) is 12.1 Å². The molecule has 7 heteroatoms. The summed E-state index contributed by atoms with van der Waals surface area (Å²) < 4.78 is 40.4. The van der Waals surface area contributed by atoms with Gasteiger partial charge < -0.3 is 0 Å². The van der Waals surface area contributed by atoms with Crippen molar-refractivity contribution in [2.75, 3.05) is 5.88 Å². The summed E-state index contributed by atoms with van der Waals surface area (Å²) in [5.41, 5.74) is 0. The first-order valence-corrected chi connectivity index (χ1v) is 8.21. The fourth-order valence-corrected chi connectivity index (χ4v) is 3.29. The van der Waals surface area contributed by atoms with Crippen molar-refractivity contribution in [3.05, 3.63) is 28.5 Å². The lowest BCUT2D eigenvalue weighted by molar-refractivity contribution is 0.531. The van der Waals surface area contributed by atoms with Crippen LogP contribution in [-0.2, 0) is 10.0 Å². The quantitative estimate of drug-likeness (QED) is 0.793. The zero-order chi connectivity index (χ0) is 13.8. The summed E-state index contributed by atoms with van der Waals surface area (Å²) in [7, 11) is -3.83. The third-order valence-electron chi connectivity index (χ3n) is 2.31. The van der Waals surface area contributed by atoms with Crippen LogP contribution in [0, 0.1) is 5.82 Å². The zero-order valence-electron chi connectivity index (χ0n) is 9.79. The molecule has 0 aliphatic heterocycles. The average molecular weight is 359 g/mol. The van der Waals surface area contributed by atoms with E-state index in [0.29, 0.717) is 23.2 Å². The van der Waals surface area contributed by atoms with Gasteiger partial charge in [-0.15, -0.1) is 11.6 Å². The highest BCUT2D eigenvalue weighted by molar-refractivity contribution is 9.10. The number of halogens is 3. The van der Waals surface area contributed by atoms with E-state index in [9.17, 15) is 12.8 Å². The number of hydrogen-bond acceptors (Lipinski definition) is 2. The first kappa shape index (κ1) is 15.9. The largest absolute Gasteiger partial charge is 0.243 e. The molecule has 1 unspecified atom stereocenters. The molecular weight excluding hydrogens is 345 g/mol. The van der Waals surface area contributed by atoms with E-state index < -0.39 is 15.8 Å². The predicted molar refractivity (Wildman–Crippen MR) is 73.8 cm³/mol. The Hall–Kier alpha value is -0.170. The highest BCUT2D eigenvalue weighted by Gasteiger charge is 2.21. The van der Waals surface area contributed by atoms with Gasteiger partial charge in [0.2, 0.25) is 10.0 Å². The molecule has 1 atom stereocenters. The molecule has 0 fully saturated rings. The van der Waals surface area contributed by atoms with Crippen molar-refractivity contribution in [2.45, 2.75) is 30.7 Å². The normalized spacial score (nSPS) is 13.6. The Kier molecular flexibility index (Phi) is 6.04. The number of alkyl halides is 1. The minimum Gasteiger partial charge on any atom is -0.208 e. The van der Waals surface area contributed by atoms with Crippen molar-refractivity contribution in [2.24, 2.45) is 0 Å². The third kappa shape index (κ3) is 4.50. The van der Waals surface area contributed by atoms with E-state index in [0.717, 1.165) is 6.07 Å². The van der Waals surface area contributed by atoms with E-state index >= 15 is 0 Å². The van der Waals surface area contributed by atoms with Crippen molar-refractivity contribution >= 4 is 37.6 Å². The molecule has 3 nitrogen and oxygen atoms in total. The number of hydrogen-bond donors (Lipinski definition) is 1. The van der Waals surface area contributed by atoms with Gasteiger partial charge in [-0.05, 0) is 38.0 Å². The minimum atomic E-state index is -3.83. The lowest BCUT2D eigenvalue weighted by Crippen LogP contribution is -2.33. The Morgan fingerprint density at radius 3 is 2.72 bits per heavy atom. The summed E-state index contributed by atoms with van der Waals surface area (Å²) in [5, 5.41) is 0. The molecule has 0 saturated heterocycles. The lowest BCUT2D eigenvalue weighted by atomic mass is 10.2. The van der Waals surface area contributed by atoms with Gasteiger partial charge in [0.1, 0.15) is 10.7 Å². The molecule has 0 aliphatic rings. The Bertz CT molecular complexity index is 510. The van der Waals surface area contributed by atoms with Crippen LogP contribution in [0.15, 0.2) is 27.6 Å². The maximum atomic E-state index is 13.6. The fraction of sp³-hybridized carbons (Fsp3) is 0.455. The second kappa shape index (κ2) is 6.84. The SMILES string of the molecule is CC(CCCCl)NS(=O)(=O)c1ccc(Br)cc1F. The smallest absolute Gasteiger partial charge is 0.208 e. The van der Waals surface area contributed by atoms with Crippen LogP contribution in [0.1, 0.15) is 19.8 Å². The third-order valence-corrected chi connectivity index (χ3v) is 4.69. The Morgan fingerprint density at radius 2 is 2.17 bits per heavy atom. The van der Waals surface area contributed by atoms with Gasteiger partial charge >= 0.3 is 0 Å². The van der Waals surface area contributed by atoms with Gasteiger partial charge in [-0.1, -0.05) is 15.9 Å². The molecule has 0 aliphatic carbocycles. The minimum absolute atomic E-state index is 0.281. The van der Waals surface area contributed by atoms with Gasteiger partial charge in [-0.2, -0.15) is 0 Å². The molecule has 1 aromatic rings. The average Bonchev–Trinajstić information content (AvgIpc) is 2.25. The number of benzene rings is 1. The molecule has 1 aromatic carbocycles. The van der Waals surface area contributed by atoms with Crippen LogP contribution in [0.2, 0.25) is 0 Å². The zero-order valence-corrected chi connectivity index (χ0v) is 12.9. The molecule has 0 heterocycles. The van der Waals surface area contributed by atoms with Gasteiger partial charge in [-0.25, -0.2) is 17.5 Å². The van der Waals surface area contributed by atoms with Crippen molar-refractivity contribution in [1.29, 1.82) is 0 Å². The van der Waals surface area contributed by atoms with Crippen LogP contribution in [0.3, 0.4) is 0 Å². The molecule has 0 spiro atoms. The monoisotopic (exact) mass is 357 g/mol. The standard InChI is InChI=1S/C11H14BrClFNO2S/c1-8(3-2-6-13)15-18(16,17)11-5-4-9(12)7-10(11)14/h4-5,7-8,15H,2-3,6H2,1H3. The van der Waals surface area contributed by atoms with Crippen molar-refractivity contribution < 1.29 is 12.8 Å². The van der Waals surface area contributed by atoms with Crippen LogP contribution in [0.5, 0.6) is 0 Å². The molecule has 0 amide bonds. The van der Waals surface area contributed by atoms with Gasteiger partial charge in [0, 0.05) is 16.4 Å². The van der Waals surface area contributed by atoms with Crippen LogP contribution >= 0.6 is 27.5 Å². The van der Waals surface area contributed by atoms with E-state index in [1.807, 2.05) is 0 Å². The van der Waals surface area contributed by atoms with E-state index in [2.05, 4.69) is 20.7 Å². The van der Waals surface area contributed by atoms with Crippen LogP contribution in [0.25, 0.3) is 0 Å². The summed E-state index contributed by atoms with van der Waals surface area (Å²) in [5.74, 6) is -0.306. The number of sulfonamides is 1. The molecule has 0 aromatic heterocycles. The Labute approximate surface area is 120 Å². The molecule has 18 heavy (non-hydrogen) atoms. The van der Waals surface area contributed by atoms with Gasteiger partial charge in [-0.3, -0.25) is 0 Å². The van der Waals surface area contributed by atoms with Gasteiger partial charge in [0.15, 0.2) is 0 Å².